The SMILES string of the molecule is CSc1cc(-c2c(N3CCCC(F)(F)CC3)c(C(N)=O)cc(Cl)c2C(F)(F)F)ccc1F. The topological polar surface area (TPSA) is 46.3 Å². The normalized spacial score (nSPS) is 16.7. The Bertz CT molecular complexity index is 1040. The maximum atomic E-state index is 14.1. The maximum absolute atomic E-state index is 14.1. The molecule has 0 spiro atoms. The molecular formula is C21H19ClF6N2OS. The molecule has 1 aliphatic rings. The number of benzene rings is 2. The number of carbonyl (C=O) groups is 1. The van der Waals surface area contributed by atoms with Crippen molar-refractivity contribution in [1.82, 2.24) is 0 Å². The molecule has 0 atom stereocenters. The summed E-state index contributed by atoms with van der Waals surface area (Å²) in [5.74, 6) is -4.67. The molecule has 0 radical (unpaired) electrons. The quantitative estimate of drug-likeness (QED) is 0.382. The zero-order valence-electron chi connectivity index (χ0n) is 16.8. The first-order valence-corrected chi connectivity index (χ1v) is 11.2. The van der Waals surface area contributed by atoms with Crippen molar-refractivity contribution >= 4 is 35.0 Å². The van der Waals surface area contributed by atoms with Gasteiger partial charge >= 0.3 is 6.18 Å². The molecule has 174 valence electrons. The van der Waals surface area contributed by atoms with Crippen LogP contribution in [0.2, 0.25) is 5.02 Å². The third-order valence-electron chi connectivity index (χ3n) is 5.27. The summed E-state index contributed by atoms with van der Waals surface area (Å²) < 4.78 is 84.3. The zero-order chi connectivity index (χ0) is 23.8. The van der Waals surface area contributed by atoms with Gasteiger partial charge in [0.2, 0.25) is 5.92 Å². The molecule has 11 heteroatoms. The molecule has 0 bridgehead atoms. The molecule has 0 aromatic heterocycles. The number of carbonyl (C=O) groups excluding carboxylic acids is 1. The van der Waals surface area contributed by atoms with Crippen molar-refractivity contribution in [3.63, 3.8) is 0 Å². The number of amides is 1. The van der Waals surface area contributed by atoms with Crippen LogP contribution in [0.5, 0.6) is 0 Å². The number of hydrogen-bond acceptors (Lipinski definition) is 3. The van der Waals surface area contributed by atoms with Crippen LogP contribution in [0.3, 0.4) is 0 Å². The fourth-order valence-corrected chi connectivity index (χ4v) is 4.64. The van der Waals surface area contributed by atoms with Crippen LogP contribution in [-0.4, -0.2) is 31.2 Å². The number of primary amides is 1. The molecule has 1 fully saturated rings. The summed E-state index contributed by atoms with van der Waals surface area (Å²) in [7, 11) is 0. The van der Waals surface area contributed by atoms with E-state index in [9.17, 15) is 31.1 Å². The summed E-state index contributed by atoms with van der Waals surface area (Å²) in [5, 5.41) is -0.764. The Labute approximate surface area is 189 Å². The number of thioether (sulfide) groups is 1. The van der Waals surface area contributed by atoms with E-state index in [4.69, 9.17) is 17.3 Å². The second-order valence-corrected chi connectivity index (χ2v) is 8.67. The lowest BCUT2D eigenvalue weighted by Crippen LogP contribution is -2.30. The monoisotopic (exact) mass is 496 g/mol. The van der Waals surface area contributed by atoms with Crippen LogP contribution in [0.4, 0.5) is 32.0 Å². The summed E-state index contributed by atoms with van der Waals surface area (Å²) in [6.45, 7) is -0.311. The number of nitrogens with two attached hydrogens (primary N) is 1. The minimum absolute atomic E-state index is 0.00585. The molecule has 1 saturated heterocycles. The predicted molar refractivity (Wildman–Crippen MR) is 113 cm³/mol. The number of rotatable bonds is 4. The molecule has 1 amide bonds. The maximum Gasteiger partial charge on any atom is 0.418 e. The van der Waals surface area contributed by atoms with Crippen molar-refractivity contribution < 1.29 is 31.1 Å². The highest BCUT2D eigenvalue weighted by Gasteiger charge is 2.41. The van der Waals surface area contributed by atoms with Crippen molar-refractivity contribution in [2.45, 2.75) is 36.3 Å². The highest BCUT2D eigenvalue weighted by molar-refractivity contribution is 7.98. The van der Waals surface area contributed by atoms with Crippen molar-refractivity contribution in [2.75, 3.05) is 24.2 Å². The molecule has 32 heavy (non-hydrogen) atoms. The van der Waals surface area contributed by atoms with Crippen molar-refractivity contribution in [1.29, 1.82) is 0 Å². The molecule has 1 aliphatic heterocycles. The van der Waals surface area contributed by atoms with E-state index in [0.717, 1.165) is 30.0 Å². The van der Waals surface area contributed by atoms with Gasteiger partial charge < -0.3 is 10.6 Å². The van der Waals surface area contributed by atoms with E-state index in [1.807, 2.05) is 0 Å². The van der Waals surface area contributed by atoms with Gasteiger partial charge in [-0.1, -0.05) is 17.7 Å². The van der Waals surface area contributed by atoms with Gasteiger partial charge in [-0.2, -0.15) is 13.2 Å². The van der Waals surface area contributed by atoms with Crippen LogP contribution < -0.4 is 10.6 Å². The Morgan fingerprint density at radius 3 is 2.47 bits per heavy atom. The van der Waals surface area contributed by atoms with Crippen LogP contribution in [0, 0.1) is 5.82 Å². The molecule has 0 saturated carbocycles. The van der Waals surface area contributed by atoms with Crippen molar-refractivity contribution in [2.24, 2.45) is 5.73 Å². The second-order valence-electron chi connectivity index (χ2n) is 7.41. The Balaban J connectivity index is 2.39. The molecule has 2 aromatic carbocycles. The number of nitrogens with zero attached hydrogens (tertiary/aromatic N) is 1. The summed E-state index contributed by atoms with van der Waals surface area (Å²) in [6, 6.07) is 4.17. The lowest BCUT2D eigenvalue weighted by Gasteiger charge is -2.30. The van der Waals surface area contributed by atoms with Crippen LogP contribution in [0.1, 0.15) is 35.2 Å². The molecule has 1 heterocycles. The fraction of sp³-hybridized carbons (Fsp3) is 0.381. The van der Waals surface area contributed by atoms with E-state index < -0.39 is 52.8 Å². The molecule has 0 aliphatic carbocycles. The Hall–Kier alpha value is -2.07. The van der Waals surface area contributed by atoms with Crippen LogP contribution in [0.25, 0.3) is 11.1 Å². The summed E-state index contributed by atoms with van der Waals surface area (Å²) >= 11 is 6.94. The van der Waals surface area contributed by atoms with Gasteiger partial charge in [0, 0.05) is 36.4 Å². The van der Waals surface area contributed by atoms with E-state index in [-0.39, 0.29) is 41.2 Å². The Morgan fingerprint density at radius 1 is 1.19 bits per heavy atom. The van der Waals surface area contributed by atoms with Gasteiger partial charge in [0.25, 0.3) is 5.91 Å². The summed E-state index contributed by atoms with van der Waals surface area (Å²) in [4.78, 5) is 13.6. The highest BCUT2D eigenvalue weighted by atomic mass is 35.5. The molecule has 0 unspecified atom stereocenters. The van der Waals surface area contributed by atoms with Gasteiger partial charge in [0.05, 0.1) is 21.8 Å². The van der Waals surface area contributed by atoms with E-state index in [1.54, 1.807) is 6.26 Å². The summed E-state index contributed by atoms with van der Waals surface area (Å²) in [6.07, 6.45) is -4.43. The van der Waals surface area contributed by atoms with Gasteiger partial charge in [-0.15, -0.1) is 11.8 Å². The highest BCUT2D eigenvalue weighted by Crippen LogP contribution is 2.49. The zero-order valence-corrected chi connectivity index (χ0v) is 18.4. The Kier molecular flexibility index (Phi) is 6.95. The number of hydrogen-bond donors (Lipinski definition) is 1. The third kappa shape index (κ3) is 4.96. The molecule has 3 rings (SSSR count). The van der Waals surface area contributed by atoms with E-state index >= 15 is 0 Å². The molecule has 2 aromatic rings. The van der Waals surface area contributed by atoms with Crippen LogP contribution in [-0.2, 0) is 6.18 Å². The standard InChI is InChI=1S/C21H19ClF6N2OS/c1-32-15-9-11(3-4-14(15)23)16-17(21(26,27)28)13(22)10-12(19(29)31)18(16)30-7-2-5-20(24,25)6-8-30/h3-4,9-10H,2,5-8H2,1H3,(H2,29,31). The van der Waals surface area contributed by atoms with Crippen molar-refractivity contribution in [3.8, 4) is 11.1 Å². The van der Waals surface area contributed by atoms with E-state index in [1.165, 1.54) is 11.0 Å². The van der Waals surface area contributed by atoms with Crippen LogP contribution >= 0.6 is 23.4 Å². The van der Waals surface area contributed by atoms with Gasteiger partial charge in [-0.05, 0) is 36.4 Å². The minimum Gasteiger partial charge on any atom is -0.370 e. The minimum atomic E-state index is -4.94. The lowest BCUT2D eigenvalue weighted by atomic mass is 9.92. The largest absolute Gasteiger partial charge is 0.418 e. The first-order valence-electron chi connectivity index (χ1n) is 9.56. The molecule has 2 N–H and O–H groups in total. The van der Waals surface area contributed by atoms with Gasteiger partial charge in [-0.25, -0.2) is 13.2 Å². The second kappa shape index (κ2) is 9.05. The molecule has 3 nitrogen and oxygen atoms in total. The lowest BCUT2D eigenvalue weighted by molar-refractivity contribution is -0.137. The average molecular weight is 497 g/mol. The Morgan fingerprint density at radius 2 is 1.88 bits per heavy atom. The third-order valence-corrected chi connectivity index (χ3v) is 6.33. The fourth-order valence-electron chi connectivity index (χ4n) is 3.82. The number of anilines is 1. The molecular weight excluding hydrogens is 478 g/mol. The number of alkyl halides is 5. The average Bonchev–Trinajstić information content (AvgIpc) is 2.87. The first kappa shape index (κ1) is 24.6. The van der Waals surface area contributed by atoms with Crippen LogP contribution in [0.15, 0.2) is 29.2 Å². The predicted octanol–water partition coefficient (Wildman–Crippen LogP) is 6.61. The summed E-state index contributed by atoms with van der Waals surface area (Å²) in [5.41, 5.74) is 3.11. The first-order chi connectivity index (χ1) is 14.9. The smallest absolute Gasteiger partial charge is 0.370 e. The van der Waals surface area contributed by atoms with Gasteiger partial charge in [0.1, 0.15) is 5.82 Å². The van der Waals surface area contributed by atoms with Gasteiger partial charge in [-0.3, -0.25) is 4.79 Å². The van der Waals surface area contributed by atoms with Gasteiger partial charge in [0.15, 0.2) is 0 Å². The van der Waals surface area contributed by atoms with Crippen molar-refractivity contribution in [3.05, 3.63) is 46.2 Å². The number of halogens is 7. The van der Waals surface area contributed by atoms with E-state index in [2.05, 4.69) is 0 Å². The van der Waals surface area contributed by atoms with E-state index in [0.29, 0.717) is 0 Å².